The molecule has 0 unspecified atom stereocenters. The summed E-state index contributed by atoms with van der Waals surface area (Å²) >= 11 is 5.23. The highest BCUT2D eigenvalue weighted by molar-refractivity contribution is 7.81. The Labute approximate surface area is 93.2 Å². The zero-order valence-electron chi connectivity index (χ0n) is 7.92. The van der Waals surface area contributed by atoms with Gasteiger partial charge in [0.05, 0.1) is 0 Å². The molecule has 0 saturated heterocycles. The Bertz CT molecular complexity index is 442. The van der Waals surface area contributed by atoms with Gasteiger partial charge in [0.25, 0.3) is 0 Å². The van der Waals surface area contributed by atoms with Crippen LogP contribution in [0.3, 0.4) is 0 Å². The molecule has 15 heavy (non-hydrogen) atoms. The van der Waals surface area contributed by atoms with Gasteiger partial charge in [0, 0.05) is 11.8 Å². The number of rotatable bonds is 2. The van der Waals surface area contributed by atoms with E-state index in [4.69, 9.17) is 12.2 Å². The third-order valence-corrected chi connectivity index (χ3v) is 2.20. The molecular formula is C11H9N3S. The topological polar surface area (TPSA) is 37.8 Å². The summed E-state index contributed by atoms with van der Waals surface area (Å²) in [5, 5.41) is 3.04. The average molecular weight is 215 g/mol. The van der Waals surface area contributed by atoms with E-state index >= 15 is 0 Å². The van der Waals surface area contributed by atoms with Crippen LogP contribution in [0, 0.1) is 0 Å². The fraction of sp³-hybridized carbons (Fsp3) is 0. The lowest BCUT2D eigenvalue weighted by molar-refractivity contribution is 1.17. The Morgan fingerprint density at radius 3 is 2.60 bits per heavy atom. The number of hydrogen-bond acceptors (Lipinski definition) is 3. The van der Waals surface area contributed by atoms with Crippen molar-refractivity contribution in [2.75, 3.05) is 5.32 Å². The molecule has 1 heterocycles. The van der Waals surface area contributed by atoms with Crippen LogP contribution in [0.2, 0.25) is 0 Å². The van der Waals surface area contributed by atoms with Crippen LogP contribution >= 0.6 is 12.2 Å². The third kappa shape index (κ3) is 2.57. The molecule has 4 heteroatoms. The van der Waals surface area contributed by atoms with Gasteiger partial charge in [-0.15, -0.1) is 0 Å². The number of benzene rings is 1. The normalized spacial score (nSPS) is 9.60. The van der Waals surface area contributed by atoms with Crippen molar-refractivity contribution in [1.82, 2.24) is 9.97 Å². The van der Waals surface area contributed by atoms with Gasteiger partial charge >= 0.3 is 0 Å². The van der Waals surface area contributed by atoms with Crippen LogP contribution in [0.1, 0.15) is 5.56 Å². The highest BCUT2D eigenvalue weighted by Gasteiger charge is 2.00. The maximum Gasteiger partial charge on any atom is 0.134 e. The Morgan fingerprint density at radius 2 is 1.93 bits per heavy atom. The molecule has 0 amide bonds. The van der Waals surface area contributed by atoms with Crippen LogP contribution in [0.15, 0.2) is 48.9 Å². The fourth-order valence-corrected chi connectivity index (χ4v) is 1.38. The Morgan fingerprint density at radius 1 is 1.13 bits per heavy atom. The lowest BCUT2D eigenvalue weighted by Crippen LogP contribution is -2.11. The summed E-state index contributed by atoms with van der Waals surface area (Å²) in [6.07, 6.45) is 3.15. The van der Waals surface area contributed by atoms with Crippen molar-refractivity contribution < 1.29 is 0 Å². The largest absolute Gasteiger partial charge is 0.331 e. The SMILES string of the molecule is S=C(Nc1ccncn1)c1ccccc1. The molecule has 3 nitrogen and oxygen atoms in total. The van der Waals surface area contributed by atoms with Crippen LogP contribution in [-0.2, 0) is 0 Å². The predicted octanol–water partition coefficient (Wildman–Crippen LogP) is 2.26. The number of nitrogens with one attached hydrogen (secondary N) is 1. The van der Waals surface area contributed by atoms with E-state index < -0.39 is 0 Å². The molecule has 2 aromatic rings. The average Bonchev–Trinajstić information content (AvgIpc) is 2.31. The lowest BCUT2D eigenvalue weighted by atomic mass is 10.2. The first-order valence-electron chi connectivity index (χ1n) is 4.49. The summed E-state index contributed by atoms with van der Waals surface area (Å²) < 4.78 is 0. The quantitative estimate of drug-likeness (QED) is 0.780. The molecule has 1 aromatic carbocycles. The van der Waals surface area contributed by atoms with Gasteiger partial charge in [-0.1, -0.05) is 42.5 Å². The van der Waals surface area contributed by atoms with E-state index in [0.29, 0.717) is 10.8 Å². The van der Waals surface area contributed by atoms with Crippen molar-refractivity contribution in [2.45, 2.75) is 0 Å². The first kappa shape index (κ1) is 9.73. The Balaban J connectivity index is 2.12. The number of hydrogen-bond donors (Lipinski definition) is 1. The second-order valence-corrected chi connectivity index (χ2v) is 3.32. The molecule has 0 aliphatic heterocycles. The molecule has 0 saturated carbocycles. The van der Waals surface area contributed by atoms with E-state index in [1.807, 2.05) is 30.3 Å². The van der Waals surface area contributed by atoms with Gasteiger partial charge in [0.1, 0.15) is 17.1 Å². The van der Waals surface area contributed by atoms with Gasteiger partial charge in [-0.3, -0.25) is 0 Å². The third-order valence-electron chi connectivity index (χ3n) is 1.86. The predicted molar refractivity (Wildman–Crippen MR) is 63.8 cm³/mol. The molecule has 0 spiro atoms. The summed E-state index contributed by atoms with van der Waals surface area (Å²) in [5.41, 5.74) is 0.978. The van der Waals surface area contributed by atoms with Crippen LogP contribution in [0.5, 0.6) is 0 Å². The van der Waals surface area contributed by atoms with Crippen molar-refractivity contribution in [2.24, 2.45) is 0 Å². The molecule has 0 atom stereocenters. The zero-order chi connectivity index (χ0) is 10.5. The lowest BCUT2D eigenvalue weighted by Gasteiger charge is -2.05. The smallest absolute Gasteiger partial charge is 0.134 e. The first-order valence-corrected chi connectivity index (χ1v) is 4.89. The number of nitrogens with zero attached hydrogens (tertiary/aromatic N) is 2. The van der Waals surface area contributed by atoms with Crippen molar-refractivity contribution in [1.29, 1.82) is 0 Å². The van der Waals surface area contributed by atoms with Gasteiger partial charge in [-0.2, -0.15) is 0 Å². The second-order valence-electron chi connectivity index (χ2n) is 2.91. The zero-order valence-corrected chi connectivity index (χ0v) is 8.74. The summed E-state index contributed by atoms with van der Waals surface area (Å²) in [6, 6.07) is 11.5. The van der Waals surface area contributed by atoms with Crippen molar-refractivity contribution in [3.63, 3.8) is 0 Å². The fourth-order valence-electron chi connectivity index (χ4n) is 1.14. The molecule has 0 aliphatic rings. The Hall–Kier alpha value is -1.81. The molecule has 2 rings (SSSR count). The summed E-state index contributed by atoms with van der Waals surface area (Å²) in [4.78, 5) is 8.53. The summed E-state index contributed by atoms with van der Waals surface area (Å²) in [5.74, 6) is 0.707. The van der Waals surface area contributed by atoms with E-state index in [-0.39, 0.29) is 0 Å². The second kappa shape index (κ2) is 4.61. The monoisotopic (exact) mass is 215 g/mol. The van der Waals surface area contributed by atoms with Crippen LogP contribution in [0.4, 0.5) is 5.82 Å². The molecular weight excluding hydrogens is 206 g/mol. The highest BCUT2D eigenvalue weighted by Crippen LogP contribution is 2.05. The minimum absolute atomic E-state index is 0.661. The van der Waals surface area contributed by atoms with Gasteiger partial charge in [-0.25, -0.2) is 9.97 Å². The van der Waals surface area contributed by atoms with Crippen molar-refractivity contribution in [3.05, 3.63) is 54.5 Å². The van der Waals surface area contributed by atoms with E-state index in [0.717, 1.165) is 5.56 Å². The molecule has 0 aliphatic carbocycles. The molecule has 0 radical (unpaired) electrons. The van der Waals surface area contributed by atoms with E-state index in [1.165, 1.54) is 6.33 Å². The molecule has 1 aromatic heterocycles. The van der Waals surface area contributed by atoms with E-state index in [9.17, 15) is 0 Å². The van der Waals surface area contributed by atoms with E-state index in [2.05, 4.69) is 15.3 Å². The molecule has 0 fully saturated rings. The summed E-state index contributed by atoms with van der Waals surface area (Å²) in [6.45, 7) is 0. The molecule has 0 bridgehead atoms. The summed E-state index contributed by atoms with van der Waals surface area (Å²) in [7, 11) is 0. The highest BCUT2D eigenvalue weighted by atomic mass is 32.1. The molecule has 1 N–H and O–H groups in total. The number of anilines is 1. The van der Waals surface area contributed by atoms with Crippen molar-refractivity contribution in [3.8, 4) is 0 Å². The number of thiocarbonyl (C=S) groups is 1. The van der Waals surface area contributed by atoms with Crippen LogP contribution < -0.4 is 5.32 Å². The van der Waals surface area contributed by atoms with E-state index in [1.54, 1.807) is 12.3 Å². The first-order chi connectivity index (χ1) is 7.36. The minimum atomic E-state index is 0.661. The van der Waals surface area contributed by atoms with Crippen LogP contribution in [0.25, 0.3) is 0 Å². The van der Waals surface area contributed by atoms with Crippen molar-refractivity contribution >= 4 is 23.0 Å². The van der Waals surface area contributed by atoms with Crippen LogP contribution in [-0.4, -0.2) is 15.0 Å². The number of aromatic nitrogens is 2. The van der Waals surface area contributed by atoms with Gasteiger partial charge in [-0.05, 0) is 6.07 Å². The van der Waals surface area contributed by atoms with Gasteiger partial charge in [0.15, 0.2) is 0 Å². The van der Waals surface area contributed by atoms with Gasteiger partial charge < -0.3 is 5.32 Å². The maximum atomic E-state index is 5.23. The Kier molecular flexibility index (Phi) is 2.99. The standard InChI is InChI=1S/C11H9N3S/c15-11(9-4-2-1-3-5-9)14-10-6-7-12-8-13-10/h1-8H,(H,12,13,14,15). The maximum absolute atomic E-state index is 5.23. The minimum Gasteiger partial charge on any atom is -0.331 e. The molecule has 74 valence electrons. The van der Waals surface area contributed by atoms with Gasteiger partial charge in [0.2, 0.25) is 0 Å².